The molecule has 0 bridgehead atoms. The Morgan fingerprint density at radius 3 is 2.08 bits per heavy atom. The minimum Gasteiger partial charge on any atom is -0.317 e. The van der Waals surface area contributed by atoms with Crippen molar-refractivity contribution in [3.05, 3.63) is 0 Å². The highest BCUT2D eigenvalue weighted by atomic mass is 16.2. The monoisotopic (exact) mass is 172 g/mol. The number of likely N-dealkylation sites (tertiary alicyclic amines) is 1. The lowest BCUT2D eigenvalue weighted by molar-refractivity contribution is -0.191. The second-order valence-corrected chi connectivity index (χ2v) is 2.95. The van der Waals surface area contributed by atoms with Crippen LogP contribution in [0.2, 0.25) is 0 Å². The fraction of sp³-hybridized carbons (Fsp3) is 0.875. The van der Waals surface area contributed by atoms with E-state index < -0.39 is 0 Å². The van der Waals surface area contributed by atoms with Crippen LogP contribution in [0.3, 0.4) is 0 Å². The molecule has 0 aromatic carbocycles. The number of carbonyl (C=O) groups excluding carboxylic acids is 2. The van der Waals surface area contributed by atoms with E-state index in [1.807, 2.05) is 0 Å². The molecule has 0 aromatic heterocycles. The Morgan fingerprint density at radius 2 is 1.75 bits per heavy atom. The normalized spacial score (nSPS) is 19.2. The van der Waals surface area contributed by atoms with E-state index >= 15 is 0 Å². The Hall–Kier alpha value is -0.700. The van der Waals surface area contributed by atoms with Gasteiger partial charge in [-0.3, -0.25) is 0 Å². The molecule has 0 saturated carbocycles. The number of hydrogen-bond donors (Lipinski definition) is 1. The van der Waals surface area contributed by atoms with E-state index in [9.17, 15) is 0 Å². The van der Waals surface area contributed by atoms with E-state index in [0.29, 0.717) is 0 Å². The van der Waals surface area contributed by atoms with Crippen molar-refractivity contribution in [2.24, 2.45) is 0 Å². The van der Waals surface area contributed by atoms with Crippen molar-refractivity contribution < 1.29 is 9.59 Å². The van der Waals surface area contributed by atoms with E-state index in [2.05, 4.69) is 24.3 Å². The summed E-state index contributed by atoms with van der Waals surface area (Å²) < 4.78 is 0. The van der Waals surface area contributed by atoms with Gasteiger partial charge in [0.15, 0.2) is 0 Å². The SMILES string of the molecule is CNC1CCN(C)CC1.O=C=O. The molecule has 0 spiro atoms. The summed E-state index contributed by atoms with van der Waals surface area (Å²) in [5.41, 5.74) is 0. The van der Waals surface area contributed by atoms with Crippen molar-refractivity contribution in [2.45, 2.75) is 18.9 Å². The lowest BCUT2D eigenvalue weighted by atomic mass is 10.1. The van der Waals surface area contributed by atoms with Crippen LogP contribution in [0.25, 0.3) is 0 Å². The molecule has 1 heterocycles. The van der Waals surface area contributed by atoms with Crippen LogP contribution in [0.1, 0.15) is 12.8 Å². The molecular formula is C8H16N2O2. The molecule has 0 radical (unpaired) electrons. The smallest absolute Gasteiger partial charge is 0.317 e. The van der Waals surface area contributed by atoms with Gasteiger partial charge in [-0.2, -0.15) is 9.59 Å². The van der Waals surface area contributed by atoms with Crippen LogP contribution >= 0.6 is 0 Å². The minimum atomic E-state index is 0.250. The van der Waals surface area contributed by atoms with Crippen LogP contribution in [0.15, 0.2) is 0 Å². The third-order valence-electron chi connectivity index (χ3n) is 2.13. The van der Waals surface area contributed by atoms with Gasteiger partial charge in [0.05, 0.1) is 0 Å². The average molecular weight is 172 g/mol. The van der Waals surface area contributed by atoms with Crippen molar-refractivity contribution in [3.8, 4) is 0 Å². The first-order chi connectivity index (χ1) is 5.74. The Balaban J connectivity index is 0.000000354. The molecule has 4 heteroatoms. The maximum Gasteiger partial charge on any atom is 0.373 e. The van der Waals surface area contributed by atoms with E-state index in [1.165, 1.54) is 25.9 Å². The number of piperidine rings is 1. The fourth-order valence-corrected chi connectivity index (χ4v) is 1.30. The quantitative estimate of drug-likeness (QED) is 0.591. The largest absolute Gasteiger partial charge is 0.373 e. The highest BCUT2D eigenvalue weighted by molar-refractivity contribution is 5.20. The van der Waals surface area contributed by atoms with E-state index in [1.54, 1.807) is 0 Å². The van der Waals surface area contributed by atoms with Gasteiger partial charge in [-0.05, 0) is 40.0 Å². The van der Waals surface area contributed by atoms with Gasteiger partial charge in [0.1, 0.15) is 0 Å². The second-order valence-electron chi connectivity index (χ2n) is 2.95. The van der Waals surface area contributed by atoms with Gasteiger partial charge >= 0.3 is 6.15 Å². The maximum atomic E-state index is 8.12. The molecule has 0 aromatic rings. The predicted octanol–water partition coefficient (Wildman–Crippen LogP) is -0.284. The molecule has 1 aliphatic heterocycles. The summed E-state index contributed by atoms with van der Waals surface area (Å²) in [6.07, 6.45) is 2.88. The molecule has 1 rings (SSSR count). The van der Waals surface area contributed by atoms with Crippen LogP contribution < -0.4 is 5.32 Å². The van der Waals surface area contributed by atoms with Gasteiger partial charge in [0.25, 0.3) is 0 Å². The Kier molecular flexibility index (Phi) is 6.57. The summed E-state index contributed by atoms with van der Waals surface area (Å²) in [6, 6.07) is 0.779. The molecule has 0 unspecified atom stereocenters. The fourth-order valence-electron chi connectivity index (χ4n) is 1.30. The Bertz CT molecular complexity index is 136. The number of nitrogens with one attached hydrogen (secondary N) is 1. The van der Waals surface area contributed by atoms with Crippen molar-refractivity contribution in [1.82, 2.24) is 10.2 Å². The van der Waals surface area contributed by atoms with E-state index in [-0.39, 0.29) is 6.15 Å². The van der Waals surface area contributed by atoms with Crippen molar-refractivity contribution in [3.63, 3.8) is 0 Å². The third kappa shape index (κ3) is 5.02. The van der Waals surface area contributed by atoms with Gasteiger partial charge in [0, 0.05) is 6.04 Å². The molecule has 70 valence electrons. The molecule has 0 atom stereocenters. The standard InChI is InChI=1S/C7H16N2.CO2/c1-8-7-3-5-9(2)6-4-7;2-1-3/h7-8H,3-6H2,1-2H3;. The van der Waals surface area contributed by atoms with E-state index in [4.69, 9.17) is 9.59 Å². The van der Waals surface area contributed by atoms with E-state index in [0.717, 1.165) is 6.04 Å². The second kappa shape index (κ2) is 6.98. The number of rotatable bonds is 1. The van der Waals surface area contributed by atoms with Gasteiger partial charge in [0.2, 0.25) is 0 Å². The van der Waals surface area contributed by atoms with Gasteiger partial charge in [-0.25, -0.2) is 0 Å². The third-order valence-corrected chi connectivity index (χ3v) is 2.13. The molecule has 4 nitrogen and oxygen atoms in total. The molecule has 1 N–H and O–H groups in total. The van der Waals surface area contributed by atoms with Crippen LogP contribution in [-0.4, -0.2) is 44.3 Å². The lowest BCUT2D eigenvalue weighted by Crippen LogP contribution is -2.39. The van der Waals surface area contributed by atoms with Crippen molar-refractivity contribution in [2.75, 3.05) is 27.2 Å². The first-order valence-corrected chi connectivity index (χ1v) is 4.09. The van der Waals surface area contributed by atoms with Crippen molar-refractivity contribution >= 4 is 6.15 Å². The molecule has 12 heavy (non-hydrogen) atoms. The first kappa shape index (κ1) is 11.3. The zero-order valence-corrected chi connectivity index (χ0v) is 7.67. The van der Waals surface area contributed by atoms with Crippen LogP contribution in [0.4, 0.5) is 0 Å². The molecular weight excluding hydrogens is 156 g/mol. The molecule has 1 saturated heterocycles. The van der Waals surface area contributed by atoms with Crippen LogP contribution in [0, 0.1) is 0 Å². The zero-order valence-electron chi connectivity index (χ0n) is 7.67. The highest BCUT2D eigenvalue weighted by Gasteiger charge is 2.13. The molecule has 0 aliphatic carbocycles. The summed E-state index contributed by atoms with van der Waals surface area (Å²) in [4.78, 5) is 18.6. The highest BCUT2D eigenvalue weighted by Crippen LogP contribution is 2.06. The Labute approximate surface area is 72.9 Å². The van der Waals surface area contributed by atoms with Gasteiger partial charge in [-0.15, -0.1) is 0 Å². The summed E-state index contributed by atoms with van der Waals surface area (Å²) in [7, 11) is 4.24. The minimum absolute atomic E-state index is 0.250. The van der Waals surface area contributed by atoms with Gasteiger partial charge < -0.3 is 10.2 Å². The molecule has 1 aliphatic rings. The Morgan fingerprint density at radius 1 is 1.33 bits per heavy atom. The number of hydrogen-bond acceptors (Lipinski definition) is 4. The summed E-state index contributed by atoms with van der Waals surface area (Å²) in [5, 5.41) is 3.30. The molecule has 0 amide bonds. The zero-order chi connectivity index (χ0) is 9.40. The molecule has 1 fully saturated rings. The average Bonchev–Trinajstić information content (AvgIpc) is 2.07. The number of nitrogens with zero attached hydrogens (tertiary/aromatic N) is 1. The van der Waals surface area contributed by atoms with Crippen molar-refractivity contribution in [1.29, 1.82) is 0 Å². The van der Waals surface area contributed by atoms with Gasteiger partial charge in [-0.1, -0.05) is 0 Å². The topological polar surface area (TPSA) is 49.4 Å². The maximum absolute atomic E-state index is 8.12. The summed E-state index contributed by atoms with van der Waals surface area (Å²) >= 11 is 0. The van der Waals surface area contributed by atoms with Crippen LogP contribution in [0.5, 0.6) is 0 Å². The summed E-state index contributed by atoms with van der Waals surface area (Å²) in [6.45, 7) is 2.51. The van der Waals surface area contributed by atoms with Crippen LogP contribution in [-0.2, 0) is 9.59 Å². The predicted molar refractivity (Wildman–Crippen MR) is 44.6 cm³/mol. The lowest BCUT2D eigenvalue weighted by Gasteiger charge is -2.28. The summed E-state index contributed by atoms with van der Waals surface area (Å²) in [5.74, 6) is 0. The first-order valence-electron chi connectivity index (χ1n) is 4.09.